The van der Waals surface area contributed by atoms with E-state index in [2.05, 4.69) is 36.4 Å². The lowest BCUT2D eigenvalue weighted by Crippen LogP contribution is -2.17. The van der Waals surface area contributed by atoms with Crippen LogP contribution in [0, 0.1) is 5.82 Å². The van der Waals surface area contributed by atoms with Crippen molar-refractivity contribution >= 4 is 54.8 Å². The van der Waals surface area contributed by atoms with E-state index in [0.717, 1.165) is 65.4 Å². The van der Waals surface area contributed by atoms with Crippen LogP contribution < -0.4 is 10.4 Å². The zero-order chi connectivity index (χ0) is 45.2. The van der Waals surface area contributed by atoms with Gasteiger partial charge in [-0.2, -0.15) is 13.2 Å². The molecule has 0 bridgehead atoms. The van der Waals surface area contributed by atoms with Crippen molar-refractivity contribution in [1.82, 2.24) is 9.13 Å². The van der Waals surface area contributed by atoms with Crippen molar-refractivity contribution in [3.63, 3.8) is 0 Å². The SMILES string of the molecule is Fc1ccccc1-c1cc(-n2c3cc(-c4ccccc4)ccc3c3ccc(-c4ccccc4)cc32)c(C(F)(F)F)c(-n2c3cc(=C4C=CC=CC4)ccc3c3ccc(=C4C=CC=CC4)cc32)c1. The van der Waals surface area contributed by atoms with Gasteiger partial charge in [-0.25, -0.2) is 4.39 Å². The molecule has 6 heteroatoms. The molecule has 67 heavy (non-hydrogen) atoms. The van der Waals surface area contributed by atoms with Crippen LogP contribution >= 0.6 is 0 Å². The number of fused-ring (bicyclic) bond motifs is 6. The largest absolute Gasteiger partial charge is 0.420 e. The van der Waals surface area contributed by atoms with Gasteiger partial charge in [-0.3, -0.25) is 0 Å². The Bertz CT molecular complexity index is 3700. The van der Waals surface area contributed by atoms with E-state index in [4.69, 9.17) is 0 Å². The van der Waals surface area contributed by atoms with E-state index in [1.54, 1.807) is 27.3 Å². The lowest BCUT2D eigenvalue weighted by atomic mass is 9.98. The van der Waals surface area contributed by atoms with E-state index in [0.29, 0.717) is 40.5 Å². The Morgan fingerprint density at radius 1 is 0.388 bits per heavy atom. The maximum Gasteiger partial charge on any atom is 0.420 e. The minimum absolute atomic E-state index is 0.0980. The third-order valence-electron chi connectivity index (χ3n) is 13.3. The zero-order valence-corrected chi connectivity index (χ0v) is 36.1. The quantitative estimate of drug-likeness (QED) is 0.153. The summed E-state index contributed by atoms with van der Waals surface area (Å²) in [7, 11) is 0. The molecule has 12 rings (SSSR count). The molecule has 8 aromatic carbocycles. The molecule has 322 valence electrons. The van der Waals surface area contributed by atoms with Gasteiger partial charge < -0.3 is 9.13 Å². The number of hydrogen-bond donors (Lipinski definition) is 0. The van der Waals surface area contributed by atoms with Gasteiger partial charge in [-0.1, -0.05) is 176 Å². The second-order valence-corrected chi connectivity index (χ2v) is 17.2. The molecule has 0 unspecified atom stereocenters. The Morgan fingerprint density at radius 3 is 1.25 bits per heavy atom. The summed E-state index contributed by atoms with van der Waals surface area (Å²) < 4.78 is 70.8. The molecule has 2 aliphatic rings. The molecule has 0 aliphatic heterocycles. The highest BCUT2D eigenvalue weighted by molar-refractivity contribution is 6.12. The average Bonchev–Trinajstić information content (AvgIpc) is 3.88. The van der Waals surface area contributed by atoms with Crippen LogP contribution in [0.5, 0.6) is 0 Å². The van der Waals surface area contributed by atoms with Crippen molar-refractivity contribution in [2.75, 3.05) is 0 Å². The molecule has 0 saturated carbocycles. The van der Waals surface area contributed by atoms with Crippen LogP contribution in [0.1, 0.15) is 18.4 Å². The van der Waals surface area contributed by atoms with E-state index >= 15 is 17.6 Å². The second-order valence-electron chi connectivity index (χ2n) is 17.2. The molecule has 0 atom stereocenters. The average molecular weight is 877 g/mol. The topological polar surface area (TPSA) is 9.86 Å². The van der Waals surface area contributed by atoms with Crippen LogP contribution in [-0.4, -0.2) is 9.13 Å². The third kappa shape index (κ3) is 6.95. The number of hydrogen-bond acceptors (Lipinski definition) is 0. The monoisotopic (exact) mass is 876 g/mol. The molecule has 0 saturated heterocycles. The molecule has 0 fully saturated rings. The number of benzene rings is 8. The molecule has 2 nitrogen and oxygen atoms in total. The highest BCUT2D eigenvalue weighted by atomic mass is 19.4. The number of allylic oxidation sites excluding steroid dienone is 8. The summed E-state index contributed by atoms with van der Waals surface area (Å²) in [5.41, 5.74) is 7.59. The molecule has 2 aliphatic carbocycles. The van der Waals surface area contributed by atoms with Crippen molar-refractivity contribution in [1.29, 1.82) is 0 Å². The first kappa shape index (κ1) is 40.3. The second kappa shape index (κ2) is 16.0. The fraction of sp³-hybridized carbons (Fsp3) is 0.0492. The van der Waals surface area contributed by atoms with Crippen molar-refractivity contribution in [2.24, 2.45) is 0 Å². The minimum Gasteiger partial charge on any atom is -0.308 e. The highest BCUT2D eigenvalue weighted by Crippen LogP contribution is 2.47. The van der Waals surface area contributed by atoms with Gasteiger partial charge in [0.05, 0.1) is 33.4 Å². The lowest BCUT2D eigenvalue weighted by Gasteiger charge is -2.23. The molecular formula is C61H40F4N2. The Kier molecular flexibility index (Phi) is 9.65. The molecule has 10 aromatic rings. The summed E-state index contributed by atoms with van der Waals surface area (Å²) in [6.45, 7) is 0. The van der Waals surface area contributed by atoms with Gasteiger partial charge in [-0.15, -0.1) is 0 Å². The fourth-order valence-electron chi connectivity index (χ4n) is 10.1. The molecular weight excluding hydrogens is 837 g/mol. The smallest absolute Gasteiger partial charge is 0.308 e. The number of nitrogens with zero attached hydrogens (tertiary/aromatic N) is 2. The number of halogens is 4. The predicted molar refractivity (Wildman–Crippen MR) is 268 cm³/mol. The summed E-state index contributed by atoms with van der Waals surface area (Å²) in [4.78, 5) is 0. The van der Waals surface area contributed by atoms with Crippen LogP contribution in [0.2, 0.25) is 0 Å². The third-order valence-corrected chi connectivity index (χ3v) is 13.3. The fourth-order valence-corrected chi connectivity index (χ4v) is 10.1. The van der Waals surface area contributed by atoms with E-state index in [1.165, 1.54) is 18.2 Å². The van der Waals surface area contributed by atoms with Gasteiger partial charge in [0.2, 0.25) is 0 Å². The number of alkyl halides is 3. The van der Waals surface area contributed by atoms with Crippen molar-refractivity contribution in [3.05, 3.63) is 240 Å². The molecule has 0 spiro atoms. The van der Waals surface area contributed by atoms with Crippen molar-refractivity contribution in [2.45, 2.75) is 19.0 Å². The van der Waals surface area contributed by atoms with E-state index in [1.807, 2.05) is 146 Å². The van der Waals surface area contributed by atoms with Gasteiger partial charge in [0.25, 0.3) is 0 Å². The number of rotatable bonds is 5. The van der Waals surface area contributed by atoms with E-state index in [-0.39, 0.29) is 16.9 Å². The molecule has 2 aromatic heterocycles. The zero-order valence-electron chi connectivity index (χ0n) is 36.1. The first-order valence-corrected chi connectivity index (χ1v) is 22.5. The Morgan fingerprint density at radius 2 is 0.821 bits per heavy atom. The standard InChI is InChI=1S/C61H40F4N2/c62-53-24-14-13-23-48(53)47-37-58(66-54-33-43(39-15-5-1-6-16-39)25-29-49(54)50-30-26-44(34-55(50)66)40-17-7-2-8-18-40)60(61(63,64)65)59(38-47)67-56-35-45(41-19-9-3-10-20-41)27-31-51(56)52-32-28-46(36-57(52)67)42-21-11-4-12-22-42/h1-19,21,23-38H,20,22H2. The van der Waals surface area contributed by atoms with Gasteiger partial charge in [0, 0.05) is 27.1 Å². The minimum atomic E-state index is -4.90. The molecule has 0 amide bonds. The van der Waals surface area contributed by atoms with Gasteiger partial charge >= 0.3 is 6.18 Å². The first-order valence-electron chi connectivity index (χ1n) is 22.5. The van der Waals surface area contributed by atoms with Crippen molar-refractivity contribution in [3.8, 4) is 44.8 Å². The summed E-state index contributed by atoms with van der Waals surface area (Å²) in [6, 6.07) is 53.3. The van der Waals surface area contributed by atoms with Gasteiger partial charge in [0.15, 0.2) is 0 Å². The normalized spacial score (nSPS) is 15.5. The Balaban J connectivity index is 1.28. The molecule has 2 heterocycles. The first-order chi connectivity index (χ1) is 32.8. The summed E-state index contributed by atoms with van der Waals surface area (Å²) >= 11 is 0. The molecule has 0 N–H and O–H groups in total. The summed E-state index contributed by atoms with van der Waals surface area (Å²) in [5.74, 6) is -0.534. The lowest BCUT2D eigenvalue weighted by molar-refractivity contribution is -0.137. The van der Waals surface area contributed by atoms with E-state index < -0.39 is 17.6 Å². The van der Waals surface area contributed by atoms with Crippen molar-refractivity contribution < 1.29 is 17.6 Å². The molecule has 0 radical (unpaired) electrons. The van der Waals surface area contributed by atoms with Gasteiger partial charge in [-0.05, 0) is 105 Å². The summed E-state index contributed by atoms with van der Waals surface area (Å²) in [6.07, 6.45) is 12.7. The van der Waals surface area contributed by atoms with Gasteiger partial charge in [0.1, 0.15) is 11.4 Å². The highest BCUT2D eigenvalue weighted by Gasteiger charge is 2.40. The Labute approximate surface area is 384 Å². The maximum atomic E-state index is 17.0. The van der Waals surface area contributed by atoms with Crippen LogP contribution in [-0.2, 0) is 6.18 Å². The predicted octanol–water partition coefficient (Wildman–Crippen LogP) is 15.4. The van der Waals surface area contributed by atoms with Crippen LogP contribution in [0.25, 0.3) is 99.5 Å². The number of aromatic nitrogens is 2. The summed E-state index contributed by atoms with van der Waals surface area (Å²) in [5, 5.41) is 5.04. The Hall–Kier alpha value is -8.22. The van der Waals surface area contributed by atoms with Crippen LogP contribution in [0.4, 0.5) is 17.6 Å². The van der Waals surface area contributed by atoms with Crippen LogP contribution in [0.3, 0.4) is 0 Å². The van der Waals surface area contributed by atoms with Crippen LogP contribution in [0.15, 0.2) is 218 Å². The maximum absolute atomic E-state index is 17.0. The van der Waals surface area contributed by atoms with E-state index in [9.17, 15) is 0 Å².